The van der Waals surface area contributed by atoms with Gasteiger partial charge in [0.25, 0.3) is 0 Å². The fourth-order valence-corrected chi connectivity index (χ4v) is 2.19. The Balaban J connectivity index is 1.82. The van der Waals surface area contributed by atoms with Gasteiger partial charge >= 0.3 is 0 Å². The standard InChI is InChI=1S/C15H25N3O/c1-3-8-16-14-11-13(4-9-17-14)18-12-15(5-6-15)7-10-19-2/h4,9,11H,3,5-8,10,12H2,1-2H3,(H2,16,17,18). The maximum atomic E-state index is 5.19. The first-order valence-corrected chi connectivity index (χ1v) is 7.21. The Labute approximate surface area is 116 Å². The number of nitrogens with one attached hydrogen (secondary N) is 2. The first kappa shape index (κ1) is 14.1. The third-order valence-corrected chi connectivity index (χ3v) is 3.78. The number of hydrogen-bond acceptors (Lipinski definition) is 4. The highest BCUT2D eigenvalue weighted by molar-refractivity contribution is 5.52. The van der Waals surface area contributed by atoms with E-state index in [1.165, 1.54) is 12.8 Å². The first-order chi connectivity index (χ1) is 9.28. The molecule has 4 heteroatoms. The summed E-state index contributed by atoms with van der Waals surface area (Å²) in [5, 5.41) is 6.85. The Morgan fingerprint density at radius 3 is 2.89 bits per heavy atom. The van der Waals surface area contributed by atoms with Crippen molar-refractivity contribution in [1.82, 2.24) is 4.98 Å². The average Bonchev–Trinajstić information content (AvgIpc) is 3.22. The van der Waals surface area contributed by atoms with Crippen LogP contribution in [0, 0.1) is 5.41 Å². The molecule has 0 bridgehead atoms. The second-order valence-electron chi connectivity index (χ2n) is 5.45. The number of hydrogen-bond donors (Lipinski definition) is 2. The minimum Gasteiger partial charge on any atom is -0.385 e. The van der Waals surface area contributed by atoms with Gasteiger partial charge in [0.15, 0.2) is 0 Å². The van der Waals surface area contributed by atoms with Crippen LogP contribution in [0.1, 0.15) is 32.6 Å². The van der Waals surface area contributed by atoms with Gasteiger partial charge in [0.1, 0.15) is 5.82 Å². The van der Waals surface area contributed by atoms with Crippen molar-refractivity contribution in [2.24, 2.45) is 5.41 Å². The summed E-state index contributed by atoms with van der Waals surface area (Å²) in [6.07, 6.45) is 6.75. The predicted octanol–water partition coefficient (Wildman–Crippen LogP) is 3.13. The number of aromatic nitrogens is 1. The Kier molecular flexibility index (Phi) is 5.02. The van der Waals surface area contributed by atoms with E-state index in [2.05, 4.69) is 28.6 Å². The van der Waals surface area contributed by atoms with Crippen LogP contribution in [-0.2, 0) is 4.74 Å². The molecular weight excluding hydrogens is 238 g/mol. The molecule has 0 amide bonds. The van der Waals surface area contributed by atoms with Gasteiger partial charge in [-0.15, -0.1) is 0 Å². The van der Waals surface area contributed by atoms with Crippen molar-refractivity contribution in [2.75, 3.05) is 37.4 Å². The SMILES string of the molecule is CCCNc1cc(NCC2(CCOC)CC2)ccn1. The molecule has 1 aromatic heterocycles. The van der Waals surface area contributed by atoms with Crippen molar-refractivity contribution >= 4 is 11.5 Å². The lowest BCUT2D eigenvalue weighted by Crippen LogP contribution is -2.17. The normalized spacial score (nSPS) is 16.1. The summed E-state index contributed by atoms with van der Waals surface area (Å²) in [7, 11) is 1.78. The van der Waals surface area contributed by atoms with Crippen LogP contribution >= 0.6 is 0 Å². The van der Waals surface area contributed by atoms with Crippen LogP contribution in [0.3, 0.4) is 0 Å². The van der Waals surface area contributed by atoms with Crippen LogP contribution in [0.2, 0.25) is 0 Å². The number of pyridine rings is 1. The highest BCUT2D eigenvalue weighted by atomic mass is 16.5. The molecule has 2 rings (SSSR count). The second kappa shape index (κ2) is 6.75. The Hall–Kier alpha value is -1.29. The molecule has 1 aliphatic rings. The molecule has 1 fully saturated rings. The van der Waals surface area contributed by atoms with Crippen LogP contribution in [0.25, 0.3) is 0 Å². The lowest BCUT2D eigenvalue weighted by Gasteiger charge is -2.16. The molecule has 4 nitrogen and oxygen atoms in total. The van der Waals surface area contributed by atoms with Crippen LogP contribution in [0.4, 0.5) is 11.5 Å². The van der Waals surface area contributed by atoms with Crippen molar-refractivity contribution in [1.29, 1.82) is 0 Å². The molecule has 0 atom stereocenters. The number of ether oxygens (including phenoxy) is 1. The summed E-state index contributed by atoms with van der Waals surface area (Å²) in [5.41, 5.74) is 1.62. The lowest BCUT2D eigenvalue weighted by atomic mass is 10.0. The van der Waals surface area contributed by atoms with Crippen LogP contribution in [0.5, 0.6) is 0 Å². The minimum atomic E-state index is 0.469. The average molecular weight is 263 g/mol. The lowest BCUT2D eigenvalue weighted by molar-refractivity contribution is 0.175. The quantitative estimate of drug-likeness (QED) is 0.718. The van der Waals surface area contributed by atoms with Crippen molar-refractivity contribution in [3.8, 4) is 0 Å². The Morgan fingerprint density at radius 1 is 1.37 bits per heavy atom. The molecule has 0 aliphatic heterocycles. The van der Waals surface area contributed by atoms with E-state index in [1.807, 2.05) is 12.3 Å². The highest BCUT2D eigenvalue weighted by Gasteiger charge is 2.41. The van der Waals surface area contributed by atoms with Crippen molar-refractivity contribution < 1.29 is 4.74 Å². The summed E-state index contributed by atoms with van der Waals surface area (Å²) in [6, 6.07) is 4.12. The van der Waals surface area contributed by atoms with E-state index in [0.717, 1.165) is 44.0 Å². The molecule has 106 valence electrons. The molecule has 1 saturated carbocycles. The Morgan fingerprint density at radius 2 is 2.21 bits per heavy atom. The second-order valence-corrected chi connectivity index (χ2v) is 5.45. The monoisotopic (exact) mass is 263 g/mol. The largest absolute Gasteiger partial charge is 0.385 e. The van der Waals surface area contributed by atoms with Crippen LogP contribution in [-0.4, -0.2) is 31.8 Å². The molecule has 1 aromatic rings. The predicted molar refractivity (Wildman–Crippen MR) is 79.7 cm³/mol. The van der Waals surface area contributed by atoms with Gasteiger partial charge in [-0.25, -0.2) is 4.98 Å². The fraction of sp³-hybridized carbons (Fsp3) is 0.667. The molecule has 0 spiro atoms. The zero-order chi connectivity index (χ0) is 13.6. The van der Waals surface area contributed by atoms with E-state index < -0.39 is 0 Å². The topological polar surface area (TPSA) is 46.2 Å². The van der Waals surface area contributed by atoms with E-state index in [4.69, 9.17) is 4.74 Å². The highest BCUT2D eigenvalue weighted by Crippen LogP contribution is 2.48. The molecule has 0 saturated heterocycles. The van der Waals surface area contributed by atoms with E-state index in [0.29, 0.717) is 5.41 Å². The maximum absolute atomic E-state index is 5.19. The van der Waals surface area contributed by atoms with Gasteiger partial charge in [0.05, 0.1) is 0 Å². The van der Waals surface area contributed by atoms with Gasteiger partial charge in [0, 0.05) is 44.8 Å². The third kappa shape index (κ3) is 4.39. The van der Waals surface area contributed by atoms with Crippen LogP contribution < -0.4 is 10.6 Å². The molecule has 1 heterocycles. The van der Waals surface area contributed by atoms with Crippen LogP contribution in [0.15, 0.2) is 18.3 Å². The number of anilines is 2. The van der Waals surface area contributed by atoms with Crippen molar-refractivity contribution in [3.05, 3.63) is 18.3 Å². The van der Waals surface area contributed by atoms with Gasteiger partial charge in [-0.3, -0.25) is 0 Å². The van der Waals surface area contributed by atoms with Gasteiger partial charge in [-0.05, 0) is 37.2 Å². The fourth-order valence-electron chi connectivity index (χ4n) is 2.19. The summed E-state index contributed by atoms with van der Waals surface area (Å²) in [5.74, 6) is 0.952. The first-order valence-electron chi connectivity index (χ1n) is 7.21. The van der Waals surface area contributed by atoms with Gasteiger partial charge in [0.2, 0.25) is 0 Å². The smallest absolute Gasteiger partial charge is 0.127 e. The summed E-state index contributed by atoms with van der Waals surface area (Å²) in [4.78, 5) is 4.32. The molecule has 0 aromatic carbocycles. The van der Waals surface area contributed by atoms with E-state index in [1.54, 1.807) is 7.11 Å². The molecule has 1 aliphatic carbocycles. The molecular formula is C15H25N3O. The third-order valence-electron chi connectivity index (χ3n) is 3.78. The van der Waals surface area contributed by atoms with Crippen molar-refractivity contribution in [2.45, 2.75) is 32.6 Å². The zero-order valence-electron chi connectivity index (χ0n) is 12.0. The van der Waals surface area contributed by atoms with Gasteiger partial charge in [-0.1, -0.05) is 6.92 Å². The molecule has 0 radical (unpaired) electrons. The minimum absolute atomic E-state index is 0.469. The summed E-state index contributed by atoms with van der Waals surface area (Å²) >= 11 is 0. The number of rotatable bonds is 9. The summed E-state index contributed by atoms with van der Waals surface area (Å²) < 4.78 is 5.19. The molecule has 19 heavy (non-hydrogen) atoms. The maximum Gasteiger partial charge on any atom is 0.127 e. The zero-order valence-corrected chi connectivity index (χ0v) is 12.0. The Bertz CT molecular complexity index is 391. The summed E-state index contributed by atoms with van der Waals surface area (Å²) in [6.45, 7) is 5.02. The number of methoxy groups -OCH3 is 1. The van der Waals surface area contributed by atoms with Gasteiger partial charge < -0.3 is 15.4 Å². The molecule has 0 unspecified atom stereocenters. The number of nitrogens with zero attached hydrogens (tertiary/aromatic N) is 1. The molecule has 2 N–H and O–H groups in total. The van der Waals surface area contributed by atoms with E-state index in [-0.39, 0.29) is 0 Å². The van der Waals surface area contributed by atoms with Crippen molar-refractivity contribution in [3.63, 3.8) is 0 Å². The van der Waals surface area contributed by atoms with E-state index >= 15 is 0 Å². The van der Waals surface area contributed by atoms with Gasteiger partial charge in [-0.2, -0.15) is 0 Å². The van der Waals surface area contributed by atoms with E-state index in [9.17, 15) is 0 Å².